The fourth-order valence-corrected chi connectivity index (χ4v) is 4.03. The zero-order valence-corrected chi connectivity index (χ0v) is 15.6. The summed E-state index contributed by atoms with van der Waals surface area (Å²) in [6, 6.07) is 16.2. The lowest BCUT2D eigenvalue weighted by atomic mass is 9.96. The molecule has 4 rings (SSSR count). The molecule has 1 atom stereocenters. The van der Waals surface area contributed by atoms with E-state index in [1.165, 1.54) is 5.56 Å². The number of anilines is 3. The fourth-order valence-electron chi connectivity index (χ4n) is 4.03. The van der Waals surface area contributed by atoms with Crippen LogP contribution in [0.5, 0.6) is 0 Å². The summed E-state index contributed by atoms with van der Waals surface area (Å²) in [4.78, 5) is 28.6. The van der Waals surface area contributed by atoms with Gasteiger partial charge in [-0.05, 0) is 56.0 Å². The lowest BCUT2D eigenvalue weighted by Crippen LogP contribution is -2.42. The molecule has 27 heavy (non-hydrogen) atoms. The minimum atomic E-state index is -0.0385. The summed E-state index contributed by atoms with van der Waals surface area (Å²) in [6.07, 6.45) is 3.60. The first-order valence-electron chi connectivity index (χ1n) is 9.66. The van der Waals surface area contributed by atoms with Gasteiger partial charge in [-0.25, -0.2) is 0 Å². The topological polar surface area (TPSA) is 52.7 Å². The smallest absolute Gasteiger partial charge is 0.243 e. The van der Waals surface area contributed by atoms with Crippen molar-refractivity contribution in [3.63, 3.8) is 0 Å². The van der Waals surface area contributed by atoms with Crippen LogP contribution in [0.1, 0.15) is 31.7 Å². The van der Waals surface area contributed by atoms with Crippen molar-refractivity contribution in [3.8, 4) is 0 Å². The SMILES string of the molecule is C[C@H]1CCc2ccccc2N1CC(=O)Nc1cccc(N2CCCC2=O)c1. The number of nitrogens with one attached hydrogen (secondary N) is 1. The van der Waals surface area contributed by atoms with Gasteiger partial charge in [-0.15, -0.1) is 0 Å². The Morgan fingerprint density at radius 2 is 2.00 bits per heavy atom. The standard InChI is InChI=1S/C22H25N3O2/c1-16-11-12-17-6-2-3-9-20(17)25(16)15-21(26)23-18-7-4-8-19(14-18)24-13-5-10-22(24)27/h2-4,6-9,14,16H,5,10-13,15H2,1H3,(H,23,26)/t16-/m0/s1. The van der Waals surface area contributed by atoms with Crippen LogP contribution in [0.3, 0.4) is 0 Å². The van der Waals surface area contributed by atoms with Crippen molar-refractivity contribution in [2.75, 3.05) is 28.2 Å². The minimum Gasteiger partial charge on any atom is -0.359 e. The summed E-state index contributed by atoms with van der Waals surface area (Å²) in [6.45, 7) is 3.24. The number of para-hydroxylation sites is 1. The molecule has 140 valence electrons. The van der Waals surface area contributed by atoms with E-state index in [-0.39, 0.29) is 11.8 Å². The van der Waals surface area contributed by atoms with Gasteiger partial charge in [-0.3, -0.25) is 9.59 Å². The van der Waals surface area contributed by atoms with Gasteiger partial charge < -0.3 is 15.1 Å². The first-order chi connectivity index (χ1) is 13.1. The van der Waals surface area contributed by atoms with Gasteiger partial charge in [0, 0.05) is 36.1 Å². The third-order valence-electron chi connectivity index (χ3n) is 5.49. The van der Waals surface area contributed by atoms with Crippen LogP contribution in [0, 0.1) is 0 Å². The molecule has 2 aliphatic rings. The van der Waals surface area contributed by atoms with Gasteiger partial charge >= 0.3 is 0 Å². The summed E-state index contributed by atoms with van der Waals surface area (Å²) in [5.41, 5.74) is 4.04. The van der Waals surface area contributed by atoms with Crippen LogP contribution in [0.25, 0.3) is 0 Å². The zero-order chi connectivity index (χ0) is 18.8. The number of fused-ring (bicyclic) bond motifs is 1. The molecular formula is C22H25N3O2. The third-order valence-corrected chi connectivity index (χ3v) is 5.49. The molecule has 2 aliphatic heterocycles. The van der Waals surface area contributed by atoms with Gasteiger partial charge in [0.2, 0.25) is 11.8 Å². The lowest BCUT2D eigenvalue weighted by Gasteiger charge is -2.36. The first-order valence-corrected chi connectivity index (χ1v) is 9.66. The van der Waals surface area contributed by atoms with E-state index in [0.29, 0.717) is 19.0 Å². The second-order valence-electron chi connectivity index (χ2n) is 7.39. The molecular weight excluding hydrogens is 338 g/mol. The van der Waals surface area contributed by atoms with Crippen LogP contribution in [-0.4, -0.2) is 30.9 Å². The Bertz CT molecular complexity index is 864. The predicted octanol–water partition coefficient (Wildman–Crippen LogP) is 3.59. The minimum absolute atomic E-state index is 0.0385. The molecule has 0 spiro atoms. The van der Waals surface area contributed by atoms with Gasteiger partial charge in [0.05, 0.1) is 6.54 Å². The molecule has 0 aliphatic carbocycles. The summed E-state index contributed by atoms with van der Waals surface area (Å²) < 4.78 is 0. The van der Waals surface area contributed by atoms with E-state index in [1.54, 1.807) is 4.90 Å². The van der Waals surface area contributed by atoms with E-state index >= 15 is 0 Å². The molecule has 0 saturated carbocycles. The molecule has 1 fully saturated rings. The normalized spacial score (nSPS) is 19.1. The molecule has 2 aromatic carbocycles. The number of carbonyl (C=O) groups is 2. The molecule has 0 bridgehead atoms. The van der Waals surface area contributed by atoms with E-state index in [4.69, 9.17) is 0 Å². The quantitative estimate of drug-likeness (QED) is 0.903. The molecule has 2 amide bonds. The van der Waals surface area contributed by atoms with E-state index in [9.17, 15) is 9.59 Å². The highest BCUT2D eigenvalue weighted by Gasteiger charge is 2.25. The van der Waals surface area contributed by atoms with Crippen molar-refractivity contribution in [1.29, 1.82) is 0 Å². The number of nitrogens with zero attached hydrogens (tertiary/aromatic N) is 2. The fraction of sp³-hybridized carbons (Fsp3) is 0.364. The van der Waals surface area contributed by atoms with Crippen molar-refractivity contribution in [1.82, 2.24) is 0 Å². The number of amides is 2. The Balaban J connectivity index is 1.46. The maximum atomic E-state index is 12.7. The summed E-state index contributed by atoms with van der Waals surface area (Å²) in [5.74, 6) is 0.112. The third kappa shape index (κ3) is 3.68. The summed E-state index contributed by atoms with van der Waals surface area (Å²) in [5, 5.41) is 3.00. The molecule has 0 unspecified atom stereocenters. The van der Waals surface area contributed by atoms with Crippen molar-refractivity contribution >= 4 is 28.9 Å². The number of benzene rings is 2. The van der Waals surface area contributed by atoms with Crippen molar-refractivity contribution in [2.45, 2.75) is 38.6 Å². The van der Waals surface area contributed by atoms with E-state index < -0.39 is 0 Å². The number of rotatable bonds is 4. The summed E-state index contributed by atoms with van der Waals surface area (Å²) in [7, 11) is 0. The maximum Gasteiger partial charge on any atom is 0.243 e. The van der Waals surface area contributed by atoms with Crippen molar-refractivity contribution in [2.24, 2.45) is 0 Å². The average Bonchev–Trinajstić information content (AvgIpc) is 3.10. The Morgan fingerprint density at radius 3 is 2.81 bits per heavy atom. The van der Waals surface area contributed by atoms with Gasteiger partial charge in [0.15, 0.2) is 0 Å². The molecule has 2 heterocycles. The largest absolute Gasteiger partial charge is 0.359 e. The van der Waals surface area contributed by atoms with Crippen LogP contribution in [0.2, 0.25) is 0 Å². The van der Waals surface area contributed by atoms with E-state index in [2.05, 4.69) is 35.3 Å². The van der Waals surface area contributed by atoms with Crippen LogP contribution in [0.15, 0.2) is 48.5 Å². The van der Waals surface area contributed by atoms with Crippen molar-refractivity contribution < 1.29 is 9.59 Å². The highest BCUT2D eigenvalue weighted by Crippen LogP contribution is 2.30. The van der Waals surface area contributed by atoms with Crippen LogP contribution in [0.4, 0.5) is 17.1 Å². The van der Waals surface area contributed by atoms with Crippen molar-refractivity contribution in [3.05, 3.63) is 54.1 Å². The van der Waals surface area contributed by atoms with Gasteiger partial charge in [0.25, 0.3) is 0 Å². The molecule has 0 aromatic heterocycles. The Morgan fingerprint density at radius 1 is 1.15 bits per heavy atom. The highest BCUT2D eigenvalue weighted by atomic mass is 16.2. The first kappa shape index (κ1) is 17.6. The second kappa shape index (κ2) is 7.43. The summed E-state index contributed by atoms with van der Waals surface area (Å²) >= 11 is 0. The number of hydrogen-bond acceptors (Lipinski definition) is 3. The molecule has 0 radical (unpaired) electrons. The monoisotopic (exact) mass is 363 g/mol. The van der Waals surface area contributed by atoms with Crippen LogP contribution < -0.4 is 15.1 Å². The predicted molar refractivity (Wildman–Crippen MR) is 108 cm³/mol. The van der Waals surface area contributed by atoms with Gasteiger partial charge in [0.1, 0.15) is 0 Å². The Hall–Kier alpha value is -2.82. The molecule has 5 heteroatoms. The zero-order valence-electron chi connectivity index (χ0n) is 15.6. The maximum absolute atomic E-state index is 12.7. The average molecular weight is 363 g/mol. The van der Waals surface area contributed by atoms with Crippen LogP contribution in [-0.2, 0) is 16.0 Å². The number of hydrogen-bond donors (Lipinski definition) is 1. The molecule has 1 saturated heterocycles. The molecule has 2 aromatic rings. The molecule has 1 N–H and O–H groups in total. The molecule has 5 nitrogen and oxygen atoms in total. The lowest BCUT2D eigenvalue weighted by molar-refractivity contribution is -0.117. The van der Waals surface area contributed by atoms with Crippen LogP contribution >= 0.6 is 0 Å². The van der Waals surface area contributed by atoms with E-state index in [1.807, 2.05) is 30.3 Å². The Kier molecular flexibility index (Phi) is 4.84. The Labute approximate surface area is 160 Å². The highest BCUT2D eigenvalue weighted by molar-refractivity contribution is 5.98. The van der Waals surface area contributed by atoms with Gasteiger partial charge in [-0.1, -0.05) is 24.3 Å². The number of carbonyl (C=O) groups excluding carboxylic acids is 2. The number of aryl methyl sites for hydroxylation is 1. The van der Waals surface area contributed by atoms with Gasteiger partial charge in [-0.2, -0.15) is 0 Å². The second-order valence-corrected chi connectivity index (χ2v) is 7.39. The van der Waals surface area contributed by atoms with E-state index in [0.717, 1.165) is 42.9 Å².